The molecule has 0 spiro atoms. The molecule has 0 aliphatic carbocycles. The van der Waals surface area contributed by atoms with E-state index in [-0.39, 0.29) is 0 Å². The number of rotatable bonds is 5. The fourth-order valence-corrected chi connectivity index (χ4v) is 3.07. The summed E-state index contributed by atoms with van der Waals surface area (Å²) in [6.07, 6.45) is 1.68. The number of benzene rings is 2. The fourth-order valence-electron chi connectivity index (χ4n) is 2.21. The number of hydrogen-bond donors (Lipinski definition) is 0. The first-order chi connectivity index (χ1) is 12.3. The molecule has 4 rings (SSSR count). The van der Waals surface area contributed by atoms with E-state index in [2.05, 4.69) is 20.2 Å². The molecule has 0 saturated carbocycles. The van der Waals surface area contributed by atoms with Crippen LogP contribution in [0.15, 0.2) is 70.6 Å². The lowest BCUT2D eigenvalue weighted by Crippen LogP contribution is -1.93. The van der Waals surface area contributed by atoms with Crippen LogP contribution in [0, 0.1) is 0 Å². The Bertz CT molecular complexity index is 985. The van der Waals surface area contributed by atoms with Gasteiger partial charge in [-0.05, 0) is 24.3 Å². The molecule has 0 aliphatic heterocycles. The van der Waals surface area contributed by atoms with Crippen LogP contribution in [0.2, 0.25) is 5.02 Å². The van der Waals surface area contributed by atoms with Gasteiger partial charge in [0, 0.05) is 5.56 Å². The Morgan fingerprint density at radius 2 is 1.84 bits per heavy atom. The maximum atomic E-state index is 6.15. The molecule has 25 heavy (non-hydrogen) atoms. The third-order valence-corrected chi connectivity index (χ3v) is 4.57. The van der Waals surface area contributed by atoms with Gasteiger partial charge in [-0.25, -0.2) is 9.67 Å². The molecule has 0 radical (unpaired) electrons. The number of nitrogens with zero attached hydrogens (tertiary/aromatic N) is 5. The second-order valence-corrected chi connectivity index (χ2v) is 6.44. The predicted octanol–water partition coefficient (Wildman–Crippen LogP) is 4.26. The molecule has 0 amide bonds. The summed E-state index contributed by atoms with van der Waals surface area (Å²) >= 11 is 7.58. The summed E-state index contributed by atoms with van der Waals surface area (Å²) in [7, 11) is 0. The van der Waals surface area contributed by atoms with Gasteiger partial charge in [-0.3, -0.25) is 0 Å². The van der Waals surface area contributed by atoms with Gasteiger partial charge < -0.3 is 4.52 Å². The van der Waals surface area contributed by atoms with Gasteiger partial charge in [0.1, 0.15) is 6.33 Å². The topological polar surface area (TPSA) is 69.6 Å². The number of para-hydroxylation sites is 1. The zero-order valence-electron chi connectivity index (χ0n) is 12.9. The van der Waals surface area contributed by atoms with Gasteiger partial charge in [-0.15, -0.1) is 5.10 Å². The molecule has 124 valence electrons. The highest BCUT2D eigenvalue weighted by Crippen LogP contribution is 2.26. The minimum Gasteiger partial charge on any atom is -0.338 e. The average molecular weight is 370 g/mol. The molecule has 2 heterocycles. The van der Waals surface area contributed by atoms with Gasteiger partial charge in [0.05, 0.1) is 16.5 Å². The molecule has 2 aromatic carbocycles. The molecule has 0 saturated heterocycles. The average Bonchev–Trinajstić information content (AvgIpc) is 3.31. The molecule has 2 aromatic heterocycles. The van der Waals surface area contributed by atoms with Crippen molar-refractivity contribution < 1.29 is 4.52 Å². The quantitative estimate of drug-likeness (QED) is 0.489. The monoisotopic (exact) mass is 369 g/mol. The van der Waals surface area contributed by atoms with Gasteiger partial charge in [0.15, 0.2) is 0 Å². The molecule has 8 heteroatoms. The maximum absolute atomic E-state index is 6.15. The third kappa shape index (κ3) is 3.57. The first kappa shape index (κ1) is 15.9. The van der Waals surface area contributed by atoms with Crippen LogP contribution >= 0.6 is 23.4 Å². The number of thioether (sulfide) groups is 1. The molecular weight excluding hydrogens is 358 g/mol. The molecule has 0 N–H and O–H groups in total. The summed E-state index contributed by atoms with van der Waals surface area (Å²) in [4.78, 5) is 8.67. The minimum atomic E-state index is 0.476. The van der Waals surface area contributed by atoms with E-state index in [1.165, 1.54) is 11.8 Å². The van der Waals surface area contributed by atoms with E-state index in [0.717, 1.165) is 11.3 Å². The SMILES string of the molecule is Clc1ccccc1-c1noc(CSc2ncn(-c3ccccc3)n2)n1. The van der Waals surface area contributed by atoms with E-state index in [1.807, 2.05) is 48.5 Å². The predicted molar refractivity (Wildman–Crippen MR) is 95.7 cm³/mol. The van der Waals surface area contributed by atoms with E-state index in [1.54, 1.807) is 17.1 Å². The highest BCUT2D eigenvalue weighted by atomic mass is 35.5. The lowest BCUT2D eigenvalue weighted by atomic mass is 10.2. The first-order valence-electron chi connectivity index (χ1n) is 7.47. The van der Waals surface area contributed by atoms with Gasteiger partial charge in [0.25, 0.3) is 0 Å². The second kappa shape index (κ2) is 7.08. The number of aromatic nitrogens is 5. The van der Waals surface area contributed by atoms with E-state index >= 15 is 0 Å². The van der Waals surface area contributed by atoms with Gasteiger partial charge >= 0.3 is 0 Å². The highest BCUT2D eigenvalue weighted by molar-refractivity contribution is 7.98. The Balaban J connectivity index is 1.44. The van der Waals surface area contributed by atoms with Crippen LogP contribution in [-0.4, -0.2) is 24.9 Å². The minimum absolute atomic E-state index is 0.476. The molecule has 0 bridgehead atoms. The Labute approximate surface area is 152 Å². The van der Waals surface area contributed by atoms with E-state index in [9.17, 15) is 0 Å². The summed E-state index contributed by atoms with van der Waals surface area (Å²) in [6.45, 7) is 0. The molecule has 4 aromatic rings. The Kier molecular flexibility index (Phi) is 4.49. The maximum Gasteiger partial charge on any atom is 0.237 e. The van der Waals surface area contributed by atoms with E-state index < -0.39 is 0 Å². The zero-order chi connectivity index (χ0) is 17.1. The summed E-state index contributed by atoms with van der Waals surface area (Å²) in [6, 6.07) is 17.2. The largest absolute Gasteiger partial charge is 0.338 e. The molecule has 0 aliphatic rings. The Hall–Kier alpha value is -2.64. The fraction of sp³-hybridized carbons (Fsp3) is 0.0588. The van der Waals surface area contributed by atoms with E-state index in [0.29, 0.717) is 27.6 Å². The van der Waals surface area contributed by atoms with Crippen molar-refractivity contribution >= 4 is 23.4 Å². The van der Waals surface area contributed by atoms with Crippen molar-refractivity contribution in [3.05, 3.63) is 71.8 Å². The summed E-state index contributed by atoms with van der Waals surface area (Å²) in [5.74, 6) is 1.45. The van der Waals surface area contributed by atoms with Crippen molar-refractivity contribution in [1.82, 2.24) is 24.9 Å². The van der Waals surface area contributed by atoms with Crippen LogP contribution in [0.5, 0.6) is 0 Å². The van der Waals surface area contributed by atoms with Crippen LogP contribution in [0.3, 0.4) is 0 Å². The standard InChI is InChI=1S/C17H12ClN5OS/c18-14-9-5-4-8-13(14)16-20-15(24-22-16)10-25-17-19-11-23(21-17)12-6-2-1-3-7-12/h1-9,11H,10H2. The van der Waals surface area contributed by atoms with Crippen molar-refractivity contribution in [3.63, 3.8) is 0 Å². The number of hydrogen-bond acceptors (Lipinski definition) is 6. The Morgan fingerprint density at radius 3 is 2.68 bits per heavy atom. The summed E-state index contributed by atoms with van der Waals surface area (Å²) in [5.41, 5.74) is 1.70. The van der Waals surface area contributed by atoms with Crippen LogP contribution in [0.4, 0.5) is 0 Å². The van der Waals surface area contributed by atoms with Gasteiger partial charge in [-0.2, -0.15) is 4.98 Å². The van der Waals surface area contributed by atoms with Crippen molar-refractivity contribution in [1.29, 1.82) is 0 Å². The van der Waals surface area contributed by atoms with Crippen LogP contribution in [-0.2, 0) is 5.75 Å². The van der Waals surface area contributed by atoms with Crippen LogP contribution in [0.1, 0.15) is 5.89 Å². The molecule has 0 unspecified atom stereocenters. The highest BCUT2D eigenvalue weighted by Gasteiger charge is 2.12. The second-order valence-electron chi connectivity index (χ2n) is 5.09. The third-order valence-electron chi connectivity index (χ3n) is 3.40. The summed E-state index contributed by atoms with van der Waals surface area (Å²) in [5, 5.41) is 9.64. The lowest BCUT2D eigenvalue weighted by molar-refractivity contribution is 0.391. The molecule has 0 fully saturated rings. The normalized spacial score (nSPS) is 10.9. The van der Waals surface area contributed by atoms with Crippen LogP contribution in [0.25, 0.3) is 17.1 Å². The smallest absolute Gasteiger partial charge is 0.237 e. The first-order valence-corrected chi connectivity index (χ1v) is 8.83. The number of halogens is 1. The molecule has 0 atom stereocenters. The van der Waals surface area contributed by atoms with Crippen molar-refractivity contribution in [2.45, 2.75) is 10.9 Å². The zero-order valence-corrected chi connectivity index (χ0v) is 14.5. The van der Waals surface area contributed by atoms with Gasteiger partial charge in [-0.1, -0.05) is 58.9 Å². The van der Waals surface area contributed by atoms with Crippen molar-refractivity contribution in [2.75, 3.05) is 0 Å². The lowest BCUT2D eigenvalue weighted by Gasteiger charge is -1.97. The Morgan fingerprint density at radius 1 is 1.04 bits per heavy atom. The van der Waals surface area contributed by atoms with Crippen molar-refractivity contribution in [2.24, 2.45) is 0 Å². The molecule has 6 nitrogen and oxygen atoms in total. The van der Waals surface area contributed by atoms with E-state index in [4.69, 9.17) is 16.1 Å². The van der Waals surface area contributed by atoms with Gasteiger partial charge in [0.2, 0.25) is 16.9 Å². The summed E-state index contributed by atoms with van der Waals surface area (Å²) < 4.78 is 7.01. The van der Waals surface area contributed by atoms with Crippen LogP contribution < -0.4 is 0 Å². The van der Waals surface area contributed by atoms with Crippen molar-refractivity contribution in [3.8, 4) is 17.1 Å². The molecular formula is C17H12ClN5OS.